The average molecular weight is 220 g/mol. The highest BCUT2D eigenvalue weighted by molar-refractivity contribution is 5.75. The lowest BCUT2D eigenvalue weighted by Crippen LogP contribution is -1.98. The monoisotopic (exact) mass is 220 g/mol. The van der Waals surface area contributed by atoms with Gasteiger partial charge in [0.15, 0.2) is 0 Å². The zero-order chi connectivity index (χ0) is 12.1. The first-order chi connectivity index (χ1) is 7.54. The summed E-state index contributed by atoms with van der Waals surface area (Å²) in [6, 6.07) is 4.10. The number of hydrogen-bond acceptors (Lipinski definition) is 2. The Kier molecular flexibility index (Phi) is 4.53. The van der Waals surface area contributed by atoms with Crippen molar-refractivity contribution in [1.82, 2.24) is 0 Å². The smallest absolute Gasteiger partial charge is 0.129 e. The Morgan fingerprint density at radius 2 is 1.81 bits per heavy atom. The van der Waals surface area contributed by atoms with Crippen LogP contribution in [0.1, 0.15) is 36.5 Å². The molecular formula is C14H20O2. The lowest BCUT2D eigenvalue weighted by molar-refractivity contribution is -0.117. The Bertz CT molecular complexity index is 357. The van der Waals surface area contributed by atoms with E-state index in [0.29, 0.717) is 6.42 Å². The summed E-state index contributed by atoms with van der Waals surface area (Å²) in [5.74, 6) is 1.18. The third-order valence-electron chi connectivity index (χ3n) is 2.86. The van der Waals surface area contributed by atoms with Crippen molar-refractivity contribution in [3.05, 3.63) is 28.8 Å². The van der Waals surface area contributed by atoms with Crippen molar-refractivity contribution in [2.75, 3.05) is 7.11 Å². The normalized spacial score (nSPS) is 10.2. The standard InChI is InChI=1S/C14H20O2/c1-10-8-13(16-4)9-11(2)14(10)7-5-6-12(3)15/h8-9H,5-7H2,1-4H3. The van der Waals surface area contributed by atoms with Gasteiger partial charge in [0.25, 0.3) is 0 Å². The molecule has 0 saturated heterocycles. The molecule has 0 aromatic heterocycles. The van der Waals surface area contributed by atoms with Gasteiger partial charge in [-0.25, -0.2) is 0 Å². The summed E-state index contributed by atoms with van der Waals surface area (Å²) >= 11 is 0. The van der Waals surface area contributed by atoms with Crippen LogP contribution < -0.4 is 4.74 Å². The van der Waals surface area contributed by atoms with Gasteiger partial charge in [0.05, 0.1) is 7.11 Å². The van der Waals surface area contributed by atoms with Gasteiger partial charge in [-0.3, -0.25) is 0 Å². The number of carbonyl (C=O) groups excluding carboxylic acids is 1. The number of carbonyl (C=O) groups is 1. The van der Waals surface area contributed by atoms with E-state index in [1.54, 1.807) is 14.0 Å². The number of methoxy groups -OCH3 is 1. The van der Waals surface area contributed by atoms with Gasteiger partial charge in [-0.2, -0.15) is 0 Å². The van der Waals surface area contributed by atoms with E-state index in [0.717, 1.165) is 18.6 Å². The van der Waals surface area contributed by atoms with Crippen molar-refractivity contribution in [3.8, 4) is 5.75 Å². The fourth-order valence-electron chi connectivity index (χ4n) is 1.98. The molecule has 2 nitrogen and oxygen atoms in total. The van der Waals surface area contributed by atoms with E-state index in [2.05, 4.69) is 26.0 Å². The van der Waals surface area contributed by atoms with Crippen molar-refractivity contribution < 1.29 is 9.53 Å². The number of aryl methyl sites for hydroxylation is 2. The summed E-state index contributed by atoms with van der Waals surface area (Å²) in [6.07, 6.45) is 2.58. The summed E-state index contributed by atoms with van der Waals surface area (Å²) < 4.78 is 5.22. The van der Waals surface area contributed by atoms with Crippen molar-refractivity contribution in [2.24, 2.45) is 0 Å². The van der Waals surface area contributed by atoms with Crippen LogP contribution in [-0.2, 0) is 11.2 Å². The molecule has 0 aliphatic rings. The van der Waals surface area contributed by atoms with Crippen LogP contribution in [0.4, 0.5) is 0 Å². The van der Waals surface area contributed by atoms with Crippen LogP contribution in [0.2, 0.25) is 0 Å². The predicted molar refractivity (Wildman–Crippen MR) is 66.1 cm³/mol. The Morgan fingerprint density at radius 3 is 2.25 bits per heavy atom. The maximum atomic E-state index is 10.9. The number of benzene rings is 1. The molecule has 16 heavy (non-hydrogen) atoms. The lowest BCUT2D eigenvalue weighted by atomic mass is 9.97. The summed E-state index contributed by atoms with van der Waals surface area (Å²) in [6.45, 7) is 5.84. The van der Waals surface area contributed by atoms with E-state index in [1.807, 2.05) is 0 Å². The SMILES string of the molecule is COc1cc(C)c(CCCC(C)=O)c(C)c1. The topological polar surface area (TPSA) is 26.3 Å². The highest BCUT2D eigenvalue weighted by Crippen LogP contribution is 2.23. The molecule has 0 fully saturated rings. The summed E-state index contributed by atoms with van der Waals surface area (Å²) in [5.41, 5.74) is 3.85. The maximum Gasteiger partial charge on any atom is 0.129 e. The summed E-state index contributed by atoms with van der Waals surface area (Å²) in [7, 11) is 1.68. The maximum absolute atomic E-state index is 10.9. The number of rotatable bonds is 5. The molecule has 0 N–H and O–H groups in total. The molecule has 1 aromatic rings. The number of ether oxygens (including phenoxy) is 1. The third-order valence-corrected chi connectivity index (χ3v) is 2.86. The van der Waals surface area contributed by atoms with Crippen LogP contribution in [0.25, 0.3) is 0 Å². The molecule has 0 heterocycles. The second-order valence-corrected chi connectivity index (χ2v) is 4.30. The molecule has 88 valence electrons. The van der Waals surface area contributed by atoms with E-state index < -0.39 is 0 Å². The number of hydrogen-bond donors (Lipinski definition) is 0. The molecule has 1 aromatic carbocycles. The van der Waals surface area contributed by atoms with Crippen LogP contribution in [0.15, 0.2) is 12.1 Å². The number of ketones is 1. The Hall–Kier alpha value is -1.31. The zero-order valence-electron chi connectivity index (χ0n) is 10.6. The molecule has 0 spiro atoms. The van der Waals surface area contributed by atoms with Crippen molar-refractivity contribution in [2.45, 2.75) is 40.0 Å². The first-order valence-corrected chi connectivity index (χ1v) is 5.68. The molecule has 0 aliphatic carbocycles. The first kappa shape index (κ1) is 12.8. The molecule has 0 saturated carbocycles. The molecular weight excluding hydrogens is 200 g/mol. The van der Waals surface area contributed by atoms with Crippen molar-refractivity contribution in [3.63, 3.8) is 0 Å². The van der Waals surface area contributed by atoms with Crippen LogP contribution in [0, 0.1) is 13.8 Å². The summed E-state index contributed by atoms with van der Waals surface area (Å²) in [4.78, 5) is 10.9. The van der Waals surface area contributed by atoms with Crippen LogP contribution >= 0.6 is 0 Å². The first-order valence-electron chi connectivity index (χ1n) is 5.68. The fraction of sp³-hybridized carbons (Fsp3) is 0.500. The second kappa shape index (κ2) is 5.69. The van der Waals surface area contributed by atoms with E-state index in [1.165, 1.54) is 16.7 Å². The Balaban J connectivity index is 2.76. The van der Waals surface area contributed by atoms with Gasteiger partial charge in [0.1, 0.15) is 11.5 Å². The van der Waals surface area contributed by atoms with Gasteiger partial charge in [0.2, 0.25) is 0 Å². The van der Waals surface area contributed by atoms with Crippen molar-refractivity contribution >= 4 is 5.78 Å². The third kappa shape index (κ3) is 3.37. The highest BCUT2D eigenvalue weighted by Gasteiger charge is 2.05. The van der Waals surface area contributed by atoms with Crippen LogP contribution in [0.5, 0.6) is 5.75 Å². The Morgan fingerprint density at radius 1 is 1.25 bits per heavy atom. The van der Waals surface area contributed by atoms with Gasteiger partial charge in [-0.1, -0.05) is 0 Å². The quantitative estimate of drug-likeness (QED) is 0.761. The van der Waals surface area contributed by atoms with Crippen LogP contribution in [-0.4, -0.2) is 12.9 Å². The molecule has 2 heteroatoms. The van der Waals surface area contributed by atoms with E-state index >= 15 is 0 Å². The summed E-state index contributed by atoms with van der Waals surface area (Å²) in [5, 5.41) is 0. The van der Waals surface area contributed by atoms with Gasteiger partial charge in [0, 0.05) is 6.42 Å². The highest BCUT2D eigenvalue weighted by atomic mass is 16.5. The van der Waals surface area contributed by atoms with E-state index in [4.69, 9.17) is 4.74 Å². The molecule has 0 unspecified atom stereocenters. The van der Waals surface area contributed by atoms with Gasteiger partial charge >= 0.3 is 0 Å². The zero-order valence-corrected chi connectivity index (χ0v) is 10.6. The number of Topliss-reactive ketones (excluding diaryl/α,β-unsaturated/α-hetero) is 1. The molecule has 0 aliphatic heterocycles. The largest absolute Gasteiger partial charge is 0.497 e. The molecule has 0 amide bonds. The predicted octanol–water partition coefficient (Wildman–Crippen LogP) is 3.22. The second-order valence-electron chi connectivity index (χ2n) is 4.30. The van der Waals surface area contributed by atoms with Crippen LogP contribution in [0.3, 0.4) is 0 Å². The van der Waals surface area contributed by atoms with E-state index in [9.17, 15) is 4.79 Å². The van der Waals surface area contributed by atoms with Crippen molar-refractivity contribution in [1.29, 1.82) is 0 Å². The minimum atomic E-state index is 0.267. The van der Waals surface area contributed by atoms with Gasteiger partial charge in [-0.05, 0) is 62.4 Å². The average Bonchev–Trinajstić information content (AvgIpc) is 2.21. The lowest BCUT2D eigenvalue weighted by Gasteiger charge is -2.11. The van der Waals surface area contributed by atoms with E-state index in [-0.39, 0.29) is 5.78 Å². The molecule has 0 atom stereocenters. The minimum absolute atomic E-state index is 0.267. The molecule has 0 radical (unpaired) electrons. The molecule has 1 rings (SSSR count). The molecule has 0 bridgehead atoms. The Labute approximate surface area is 97.6 Å². The van der Waals surface area contributed by atoms with Gasteiger partial charge < -0.3 is 9.53 Å². The fourth-order valence-corrected chi connectivity index (χ4v) is 1.98. The minimum Gasteiger partial charge on any atom is -0.497 e. The van der Waals surface area contributed by atoms with Gasteiger partial charge in [-0.15, -0.1) is 0 Å².